The highest BCUT2D eigenvalue weighted by molar-refractivity contribution is 6.30. The van der Waals surface area contributed by atoms with Crippen LogP contribution >= 0.6 is 11.6 Å². The van der Waals surface area contributed by atoms with Crippen LogP contribution in [0.15, 0.2) is 42.5 Å². The third-order valence-electron chi connectivity index (χ3n) is 6.23. The molecule has 3 atom stereocenters. The maximum absolute atomic E-state index is 13.5. The molecule has 30 heavy (non-hydrogen) atoms. The van der Waals surface area contributed by atoms with Crippen molar-refractivity contribution in [3.63, 3.8) is 0 Å². The first-order valence-electron chi connectivity index (χ1n) is 10.7. The Labute approximate surface area is 182 Å². The second-order valence-electron chi connectivity index (χ2n) is 8.57. The molecule has 0 spiro atoms. The van der Waals surface area contributed by atoms with Crippen molar-refractivity contribution in [2.75, 3.05) is 19.6 Å². The van der Waals surface area contributed by atoms with Crippen molar-refractivity contribution in [1.29, 1.82) is 0 Å². The molecule has 160 valence electrons. The van der Waals surface area contributed by atoms with Crippen molar-refractivity contribution in [1.82, 2.24) is 10.2 Å². The lowest BCUT2D eigenvalue weighted by Crippen LogP contribution is -2.47. The lowest BCUT2D eigenvalue weighted by molar-refractivity contribution is -0.123. The first-order valence-corrected chi connectivity index (χ1v) is 11.1. The predicted octanol–water partition coefficient (Wildman–Crippen LogP) is 3.90. The molecule has 2 aromatic rings. The topological polar surface area (TPSA) is 52.6 Å². The largest absolute Gasteiger partial charge is 0.386 e. The molecule has 2 aromatic carbocycles. The van der Waals surface area contributed by atoms with Crippen LogP contribution in [0.5, 0.6) is 0 Å². The Morgan fingerprint density at radius 2 is 1.93 bits per heavy atom. The minimum absolute atomic E-state index is 0.0708. The maximum atomic E-state index is 13.5. The van der Waals surface area contributed by atoms with Crippen LogP contribution in [0.2, 0.25) is 5.02 Å². The van der Waals surface area contributed by atoms with Gasteiger partial charge in [-0.1, -0.05) is 29.8 Å². The molecule has 0 saturated carbocycles. The molecular weight excluding hydrogens is 403 g/mol. The third kappa shape index (κ3) is 5.20. The van der Waals surface area contributed by atoms with E-state index in [4.69, 9.17) is 11.6 Å². The van der Waals surface area contributed by atoms with Crippen molar-refractivity contribution >= 4 is 17.5 Å². The van der Waals surface area contributed by atoms with Crippen LogP contribution in [-0.2, 0) is 17.6 Å². The number of hydrogen-bond acceptors (Lipinski definition) is 3. The number of nitrogens with zero attached hydrogens (tertiary/aromatic N) is 1. The lowest BCUT2D eigenvalue weighted by atomic mass is 9.99. The number of carbonyl (C=O) groups is 1. The number of aliphatic hydroxyl groups excluding tert-OH is 1. The molecule has 1 aliphatic carbocycles. The van der Waals surface area contributed by atoms with Gasteiger partial charge < -0.3 is 15.3 Å². The Balaban J connectivity index is 1.41. The number of benzene rings is 2. The van der Waals surface area contributed by atoms with E-state index in [1.807, 2.05) is 18.2 Å². The number of rotatable bonds is 7. The van der Waals surface area contributed by atoms with Gasteiger partial charge in [-0.3, -0.25) is 4.79 Å². The van der Waals surface area contributed by atoms with Gasteiger partial charge >= 0.3 is 0 Å². The summed E-state index contributed by atoms with van der Waals surface area (Å²) >= 11 is 6.10. The van der Waals surface area contributed by atoms with E-state index in [-0.39, 0.29) is 17.6 Å². The minimum atomic E-state index is -0.830. The van der Waals surface area contributed by atoms with Gasteiger partial charge in [0.1, 0.15) is 11.9 Å². The first kappa shape index (κ1) is 21.3. The number of nitrogens with one attached hydrogen (secondary N) is 1. The third-order valence-corrected chi connectivity index (χ3v) is 6.47. The molecule has 6 heteroatoms. The van der Waals surface area contributed by atoms with Gasteiger partial charge in [-0.25, -0.2) is 4.39 Å². The van der Waals surface area contributed by atoms with E-state index >= 15 is 0 Å². The Bertz CT molecular complexity index is 901. The Morgan fingerprint density at radius 1 is 1.17 bits per heavy atom. The van der Waals surface area contributed by atoms with Crippen LogP contribution in [-0.4, -0.2) is 41.6 Å². The number of hydrogen-bond donors (Lipinski definition) is 2. The Kier molecular flexibility index (Phi) is 6.71. The molecule has 1 aliphatic heterocycles. The number of fused-ring (bicyclic) bond motifs is 1. The number of amides is 1. The molecule has 2 N–H and O–H groups in total. The highest BCUT2D eigenvalue weighted by atomic mass is 35.5. The van der Waals surface area contributed by atoms with Crippen LogP contribution in [0, 0.1) is 11.7 Å². The smallest absolute Gasteiger partial charge is 0.220 e. The summed E-state index contributed by atoms with van der Waals surface area (Å²) in [5.74, 6) is -0.134. The molecule has 1 saturated heterocycles. The van der Waals surface area contributed by atoms with Gasteiger partial charge in [-0.2, -0.15) is 0 Å². The fraction of sp³-hybridized carbons (Fsp3) is 0.458. The average Bonchev–Trinajstić information content (AvgIpc) is 3.35. The van der Waals surface area contributed by atoms with Gasteiger partial charge in [0.25, 0.3) is 0 Å². The zero-order valence-corrected chi connectivity index (χ0v) is 17.7. The van der Waals surface area contributed by atoms with E-state index in [1.54, 1.807) is 18.2 Å². The van der Waals surface area contributed by atoms with Gasteiger partial charge in [-0.05, 0) is 85.6 Å². The van der Waals surface area contributed by atoms with Gasteiger partial charge in [0.2, 0.25) is 5.91 Å². The van der Waals surface area contributed by atoms with Crippen molar-refractivity contribution in [2.24, 2.45) is 5.92 Å². The first-order chi connectivity index (χ1) is 14.5. The summed E-state index contributed by atoms with van der Waals surface area (Å²) < 4.78 is 13.5. The highest BCUT2D eigenvalue weighted by Gasteiger charge is 2.29. The van der Waals surface area contributed by atoms with Crippen LogP contribution in [0.25, 0.3) is 0 Å². The molecule has 2 aliphatic rings. The SMILES string of the molecule is O=C(CC1Cc2ccc(F)cc2C1)NC(CN1CCCC1)C(O)c1cccc(Cl)c1. The number of likely N-dealkylation sites (tertiary alicyclic amines) is 1. The van der Waals surface area contributed by atoms with Gasteiger partial charge in [-0.15, -0.1) is 0 Å². The quantitative estimate of drug-likeness (QED) is 0.700. The molecular formula is C24H28ClFN2O2. The van der Waals surface area contributed by atoms with E-state index in [9.17, 15) is 14.3 Å². The van der Waals surface area contributed by atoms with E-state index < -0.39 is 12.1 Å². The molecule has 0 bridgehead atoms. The molecule has 1 heterocycles. The van der Waals surface area contributed by atoms with E-state index in [1.165, 1.54) is 6.07 Å². The van der Waals surface area contributed by atoms with Gasteiger partial charge in [0.05, 0.1) is 6.04 Å². The van der Waals surface area contributed by atoms with Crippen LogP contribution in [0.1, 0.15) is 42.1 Å². The number of aliphatic hydroxyl groups is 1. The molecule has 4 nitrogen and oxygen atoms in total. The average molecular weight is 431 g/mol. The summed E-state index contributed by atoms with van der Waals surface area (Å²) in [5, 5.41) is 14.6. The fourth-order valence-corrected chi connectivity index (χ4v) is 4.94. The fourth-order valence-electron chi connectivity index (χ4n) is 4.74. The van der Waals surface area contributed by atoms with E-state index in [0.29, 0.717) is 30.0 Å². The maximum Gasteiger partial charge on any atom is 0.220 e. The Morgan fingerprint density at radius 3 is 2.70 bits per heavy atom. The lowest BCUT2D eigenvalue weighted by Gasteiger charge is -2.29. The van der Waals surface area contributed by atoms with E-state index in [2.05, 4.69) is 10.2 Å². The molecule has 1 amide bonds. The molecule has 4 rings (SSSR count). The Hall–Kier alpha value is -1.95. The van der Waals surface area contributed by atoms with Crippen LogP contribution < -0.4 is 5.32 Å². The van der Waals surface area contributed by atoms with Crippen molar-refractivity contribution in [3.05, 3.63) is 70.0 Å². The molecule has 0 radical (unpaired) electrons. The second-order valence-corrected chi connectivity index (χ2v) is 9.01. The monoisotopic (exact) mass is 430 g/mol. The zero-order valence-electron chi connectivity index (χ0n) is 17.0. The summed E-state index contributed by atoms with van der Waals surface area (Å²) in [6.07, 6.45) is 3.33. The van der Waals surface area contributed by atoms with Crippen LogP contribution in [0.4, 0.5) is 4.39 Å². The second kappa shape index (κ2) is 9.46. The van der Waals surface area contributed by atoms with Gasteiger partial charge in [0.15, 0.2) is 0 Å². The summed E-state index contributed by atoms with van der Waals surface area (Å²) in [6, 6.07) is 11.6. The normalized spacial score (nSPS) is 20.7. The molecule has 3 unspecified atom stereocenters. The number of halogens is 2. The van der Waals surface area contributed by atoms with Crippen LogP contribution in [0.3, 0.4) is 0 Å². The summed E-state index contributed by atoms with van der Waals surface area (Å²) in [5.41, 5.74) is 2.83. The van der Waals surface area contributed by atoms with Crippen molar-refractivity contribution < 1.29 is 14.3 Å². The summed E-state index contributed by atoms with van der Waals surface area (Å²) in [6.45, 7) is 2.58. The summed E-state index contributed by atoms with van der Waals surface area (Å²) in [7, 11) is 0. The predicted molar refractivity (Wildman–Crippen MR) is 116 cm³/mol. The van der Waals surface area contributed by atoms with E-state index in [0.717, 1.165) is 43.5 Å². The minimum Gasteiger partial charge on any atom is -0.386 e. The van der Waals surface area contributed by atoms with Crippen molar-refractivity contribution in [3.8, 4) is 0 Å². The number of carbonyl (C=O) groups excluding carboxylic acids is 1. The molecule has 0 aromatic heterocycles. The highest BCUT2D eigenvalue weighted by Crippen LogP contribution is 2.30. The molecule has 1 fully saturated rings. The zero-order chi connectivity index (χ0) is 21.1. The standard InChI is InChI=1S/C24H28ClFN2O2/c25-20-5-3-4-18(13-20)24(30)22(15-28-8-1-2-9-28)27-23(29)12-16-10-17-6-7-21(26)14-19(17)11-16/h3-7,13-14,16,22,24,30H,1-2,8-12,15H2,(H,27,29). The summed E-state index contributed by atoms with van der Waals surface area (Å²) in [4.78, 5) is 15.1. The van der Waals surface area contributed by atoms with Crippen molar-refractivity contribution in [2.45, 2.75) is 44.2 Å². The van der Waals surface area contributed by atoms with Gasteiger partial charge in [0, 0.05) is 18.0 Å².